The lowest BCUT2D eigenvalue weighted by Crippen LogP contribution is -2.43. The molecule has 2 atom stereocenters. The molecule has 2 aliphatic rings. The SMILES string of the molecule is CNc1nc(N(C)C)nc(N2CCCC3CCCC32)n1. The second-order valence-electron chi connectivity index (χ2n) is 6.00. The molecule has 0 spiro atoms. The molecule has 110 valence electrons. The van der Waals surface area contributed by atoms with Crippen LogP contribution in [0.25, 0.3) is 0 Å². The Bertz CT molecular complexity index is 475. The molecular formula is C14H24N6. The van der Waals surface area contributed by atoms with Crippen LogP contribution in [0.5, 0.6) is 0 Å². The highest BCUT2D eigenvalue weighted by molar-refractivity contribution is 5.45. The fourth-order valence-corrected chi connectivity index (χ4v) is 3.50. The minimum Gasteiger partial charge on any atom is -0.357 e. The monoisotopic (exact) mass is 276 g/mol. The van der Waals surface area contributed by atoms with Crippen LogP contribution in [0.3, 0.4) is 0 Å². The van der Waals surface area contributed by atoms with Crippen molar-refractivity contribution in [3.05, 3.63) is 0 Å². The van der Waals surface area contributed by atoms with Gasteiger partial charge >= 0.3 is 0 Å². The molecule has 1 aliphatic carbocycles. The molecule has 2 unspecified atom stereocenters. The van der Waals surface area contributed by atoms with E-state index in [1.165, 1.54) is 32.1 Å². The first-order valence-corrected chi connectivity index (χ1v) is 7.57. The summed E-state index contributed by atoms with van der Waals surface area (Å²) in [5.74, 6) is 3.05. The number of piperidine rings is 1. The van der Waals surface area contributed by atoms with Gasteiger partial charge in [0.25, 0.3) is 0 Å². The van der Waals surface area contributed by atoms with Crippen LogP contribution in [-0.4, -0.2) is 48.7 Å². The molecule has 20 heavy (non-hydrogen) atoms. The van der Waals surface area contributed by atoms with Crippen LogP contribution in [0.2, 0.25) is 0 Å². The Hall–Kier alpha value is -1.59. The minimum atomic E-state index is 0.630. The summed E-state index contributed by atoms with van der Waals surface area (Å²) in [6.07, 6.45) is 6.61. The second kappa shape index (κ2) is 5.42. The van der Waals surface area contributed by atoms with Crippen LogP contribution >= 0.6 is 0 Å². The third kappa shape index (κ3) is 2.39. The summed E-state index contributed by atoms with van der Waals surface area (Å²) in [5, 5.41) is 3.05. The van der Waals surface area contributed by atoms with Gasteiger partial charge < -0.3 is 15.1 Å². The maximum absolute atomic E-state index is 4.65. The summed E-state index contributed by atoms with van der Waals surface area (Å²) in [5.41, 5.74) is 0. The van der Waals surface area contributed by atoms with Gasteiger partial charge in [-0.3, -0.25) is 0 Å². The summed E-state index contributed by atoms with van der Waals surface area (Å²) in [4.78, 5) is 18.0. The standard InChI is InChI=1S/C14H24N6/c1-15-12-16-13(19(2)3)18-14(17-12)20-9-5-7-10-6-4-8-11(10)20/h10-11H,4-9H2,1-3H3,(H,15,16,17,18). The highest BCUT2D eigenvalue weighted by Gasteiger charge is 2.36. The molecule has 0 radical (unpaired) electrons. The molecule has 0 amide bonds. The smallest absolute Gasteiger partial charge is 0.232 e. The van der Waals surface area contributed by atoms with Crippen LogP contribution < -0.4 is 15.1 Å². The number of anilines is 3. The average molecular weight is 276 g/mol. The molecule has 1 N–H and O–H groups in total. The molecule has 1 aromatic heterocycles. The third-order valence-corrected chi connectivity index (χ3v) is 4.49. The van der Waals surface area contributed by atoms with Crippen molar-refractivity contribution in [3.8, 4) is 0 Å². The molecule has 1 saturated heterocycles. The zero-order valence-corrected chi connectivity index (χ0v) is 12.6. The Balaban J connectivity index is 1.93. The summed E-state index contributed by atoms with van der Waals surface area (Å²) >= 11 is 0. The second-order valence-corrected chi connectivity index (χ2v) is 6.00. The summed E-state index contributed by atoms with van der Waals surface area (Å²) < 4.78 is 0. The summed E-state index contributed by atoms with van der Waals surface area (Å²) in [6, 6.07) is 0.630. The molecule has 1 aromatic rings. The first-order chi connectivity index (χ1) is 9.69. The number of hydrogen-bond acceptors (Lipinski definition) is 6. The van der Waals surface area contributed by atoms with Gasteiger partial charge in [-0.15, -0.1) is 0 Å². The topological polar surface area (TPSA) is 57.2 Å². The van der Waals surface area contributed by atoms with E-state index in [0.717, 1.165) is 24.4 Å². The predicted octanol–water partition coefficient (Wildman–Crippen LogP) is 1.75. The van der Waals surface area contributed by atoms with Crippen molar-refractivity contribution in [2.24, 2.45) is 5.92 Å². The lowest BCUT2D eigenvalue weighted by atomic mass is 9.92. The van der Waals surface area contributed by atoms with Crippen molar-refractivity contribution in [2.45, 2.75) is 38.1 Å². The van der Waals surface area contributed by atoms with Crippen LogP contribution in [0.1, 0.15) is 32.1 Å². The Morgan fingerprint density at radius 2 is 1.90 bits per heavy atom. The molecule has 0 bridgehead atoms. The van der Waals surface area contributed by atoms with Crippen molar-refractivity contribution < 1.29 is 0 Å². The van der Waals surface area contributed by atoms with Crippen LogP contribution in [0, 0.1) is 5.92 Å². The van der Waals surface area contributed by atoms with E-state index >= 15 is 0 Å². The Kier molecular flexibility index (Phi) is 3.63. The number of hydrogen-bond donors (Lipinski definition) is 1. The average Bonchev–Trinajstić information content (AvgIpc) is 2.94. The zero-order chi connectivity index (χ0) is 14.1. The van der Waals surface area contributed by atoms with Crippen molar-refractivity contribution in [1.29, 1.82) is 0 Å². The maximum Gasteiger partial charge on any atom is 0.232 e. The Labute approximate surface area is 120 Å². The van der Waals surface area contributed by atoms with Crippen molar-refractivity contribution in [3.63, 3.8) is 0 Å². The largest absolute Gasteiger partial charge is 0.357 e. The maximum atomic E-state index is 4.65. The Morgan fingerprint density at radius 3 is 2.65 bits per heavy atom. The molecule has 0 aromatic carbocycles. The molecule has 1 aliphatic heterocycles. The number of nitrogens with zero attached hydrogens (tertiary/aromatic N) is 5. The minimum absolute atomic E-state index is 0.630. The summed E-state index contributed by atoms with van der Waals surface area (Å²) in [7, 11) is 5.79. The zero-order valence-electron chi connectivity index (χ0n) is 12.6. The van der Waals surface area contributed by atoms with E-state index < -0.39 is 0 Å². The van der Waals surface area contributed by atoms with Gasteiger partial charge in [-0.2, -0.15) is 15.0 Å². The molecule has 1 saturated carbocycles. The van der Waals surface area contributed by atoms with Crippen molar-refractivity contribution in [1.82, 2.24) is 15.0 Å². The van der Waals surface area contributed by atoms with Crippen LogP contribution in [0.4, 0.5) is 17.8 Å². The van der Waals surface area contributed by atoms with E-state index in [-0.39, 0.29) is 0 Å². The lowest BCUT2D eigenvalue weighted by molar-refractivity contribution is 0.358. The first kappa shape index (κ1) is 13.4. The van der Waals surface area contributed by atoms with Gasteiger partial charge in [0.2, 0.25) is 17.8 Å². The summed E-state index contributed by atoms with van der Waals surface area (Å²) in [6.45, 7) is 1.07. The van der Waals surface area contributed by atoms with Crippen molar-refractivity contribution in [2.75, 3.05) is 42.8 Å². The van der Waals surface area contributed by atoms with E-state index in [0.29, 0.717) is 12.0 Å². The van der Waals surface area contributed by atoms with Gasteiger partial charge in [0.1, 0.15) is 0 Å². The normalized spacial score (nSPS) is 25.4. The molecule has 3 rings (SSSR count). The van der Waals surface area contributed by atoms with Gasteiger partial charge in [-0.1, -0.05) is 6.42 Å². The van der Waals surface area contributed by atoms with E-state index in [2.05, 4.69) is 25.2 Å². The molecular weight excluding hydrogens is 252 g/mol. The first-order valence-electron chi connectivity index (χ1n) is 7.57. The Morgan fingerprint density at radius 1 is 1.10 bits per heavy atom. The van der Waals surface area contributed by atoms with Crippen molar-refractivity contribution >= 4 is 17.8 Å². The molecule has 6 nitrogen and oxygen atoms in total. The molecule has 2 heterocycles. The predicted molar refractivity (Wildman–Crippen MR) is 81.4 cm³/mol. The van der Waals surface area contributed by atoms with Crippen LogP contribution in [0.15, 0.2) is 0 Å². The number of rotatable bonds is 3. The fraction of sp³-hybridized carbons (Fsp3) is 0.786. The lowest BCUT2D eigenvalue weighted by Gasteiger charge is -2.38. The van der Waals surface area contributed by atoms with Gasteiger partial charge in [-0.05, 0) is 31.6 Å². The number of aromatic nitrogens is 3. The molecule has 6 heteroatoms. The highest BCUT2D eigenvalue weighted by Crippen LogP contribution is 2.38. The number of nitrogens with one attached hydrogen (secondary N) is 1. The third-order valence-electron chi connectivity index (χ3n) is 4.49. The van der Waals surface area contributed by atoms with Gasteiger partial charge in [0.15, 0.2) is 0 Å². The quantitative estimate of drug-likeness (QED) is 0.907. The molecule has 2 fully saturated rings. The van der Waals surface area contributed by atoms with Gasteiger partial charge in [-0.25, -0.2) is 0 Å². The highest BCUT2D eigenvalue weighted by atomic mass is 15.4. The van der Waals surface area contributed by atoms with E-state index in [1.807, 2.05) is 26.0 Å². The van der Waals surface area contributed by atoms with E-state index in [9.17, 15) is 0 Å². The van der Waals surface area contributed by atoms with Gasteiger partial charge in [0, 0.05) is 33.7 Å². The van der Waals surface area contributed by atoms with E-state index in [4.69, 9.17) is 0 Å². The van der Waals surface area contributed by atoms with Gasteiger partial charge in [0.05, 0.1) is 0 Å². The fourth-order valence-electron chi connectivity index (χ4n) is 3.50. The number of fused-ring (bicyclic) bond motifs is 1. The van der Waals surface area contributed by atoms with E-state index in [1.54, 1.807) is 0 Å². The van der Waals surface area contributed by atoms with Crippen LogP contribution in [-0.2, 0) is 0 Å².